The molecule has 8 heteroatoms. The molecule has 7 nitrogen and oxygen atoms in total. The van der Waals surface area contributed by atoms with E-state index in [1.807, 2.05) is 25.1 Å². The van der Waals surface area contributed by atoms with Gasteiger partial charge in [0.1, 0.15) is 16.0 Å². The Hall–Kier alpha value is -1.93. The molecule has 0 aliphatic carbocycles. The zero-order valence-electron chi connectivity index (χ0n) is 14.8. The van der Waals surface area contributed by atoms with Crippen molar-refractivity contribution in [2.45, 2.75) is 39.7 Å². The second-order valence-electron chi connectivity index (χ2n) is 5.96. The SMILES string of the molecule is CC(=O)N[S@@](=O)(C[C@@H](C)CCCO)=NC(=O)O[C@@H](C)c1ccccc1. The number of hydrogen-bond acceptors (Lipinski definition) is 5. The van der Waals surface area contributed by atoms with Gasteiger partial charge in [-0.25, -0.2) is 9.00 Å². The number of nitrogens with zero attached hydrogens (tertiary/aromatic N) is 1. The summed E-state index contributed by atoms with van der Waals surface area (Å²) in [5.41, 5.74) is 0.786. The first kappa shape index (κ1) is 21.1. The second kappa shape index (κ2) is 10.1. The summed E-state index contributed by atoms with van der Waals surface area (Å²) in [4.78, 5) is 23.4. The van der Waals surface area contributed by atoms with Crippen molar-refractivity contribution >= 4 is 21.9 Å². The van der Waals surface area contributed by atoms with Gasteiger partial charge in [-0.3, -0.25) is 9.52 Å². The lowest BCUT2D eigenvalue weighted by molar-refractivity contribution is -0.117. The highest BCUT2D eigenvalue weighted by atomic mass is 32.2. The monoisotopic (exact) mass is 370 g/mol. The predicted octanol–water partition coefficient (Wildman–Crippen LogP) is 2.81. The highest BCUT2D eigenvalue weighted by molar-refractivity contribution is 7.92. The fraction of sp³-hybridized carbons (Fsp3) is 0.529. The van der Waals surface area contributed by atoms with Gasteiger partial charge in [0.05, 0.1) is 5.75 Å². The molecule has 1 aromatic carbocycles. The molecule has 0 saturated carbocycles. The normalized spacial score (nSPS) is 15.5. The molecule has 0 saturated heterocycles. The summed E-state index contributed by atoms with van der Waals surface area (Å²) in [6, 6.07) is 9.10. The smallest absolute Gasteiger partial charge is 0.440 e. The van der Waals surface area contributed by atoms with Crippen LogP contribution in [0, 0.1) is 5.92 Å². The van der Waals surface area contributed by atoms with Crippen molar-refractivity contribution in [2.24, 2.45) is 10.3 Å². The minimum atomic E-state index is -3.28. The van der Waals surface area contributed by atoms with Gasteiger partial charge in [0.2, 0.25) is 5.91 Å². The van der Waals surface area contributed by atoms with Gasteiger partial charge in [0, 0.05) is 13.5 Å². The number of hydrogen-bond donors (Lipinski definition) is 2. The molecule has 140 valence electrons. The third kappa shape index (κ3) is 8.13. The lowest BCUT2D eigenvalue weighted by Crippen LogP contribution is -2.33. The fourth-order valence-corrected chi connectivity index (χ4v) is 4.19. The standard InChI is InChI=1S/C17H26N2O5S/c1-13(8-7-11-20)12-25(23,18-15(3)21)19-17(22)24-14(2)16-9-5-4-6-10-16/h4-6,9-10,13-14,20H,7-8,11-12H2,1-3H3,(H,18,19,21,22,23)/t13-,14-,25-/m0/s1. The summed E-state index contributed by atoms with van der Waals surface area (Å²) in [6.07, 6.45) is -0.376. The average Bonchev–Trinajstić information content (AvgIpc) is 2.52. The van der Waals surface area contributed by atoms with E-state index in [1.165, 1.54) is 6.92 Å². The predicted molar refractivity (Wildman–Crippen MR) is 96.1 cm³/mol. The maximum Gasteiger partial charge on any atom is 0.443 e. The molecule has 0 unspecified atom stereocenters. The molecule has 0 radical (unpaired) electrons. The molecule has 2 N–H and O–H groups in total. The number of aliphatic hydroxyl groups is 1. The van der Waals surface area contributed by atoms with Gasteiger partial charge in [-0.15, -0.1) is 4.36 Å². The Morgan fingerprint density at radius 1 is 1.28 bits per heavy atom. The molecule has 25 heavy (non-hydrogen) atoms. The Morgan fingerprint density at radius 3 is 2.48 bits per heavy atom. The third-order valence-electron chi connectivity index (χ3n) is 3.44. The number of nitrogens with one attached hydrogen (secondary N) is 1. The van der Waals surface area contributed by atoms with Crippen molar-refractivity contribution in [3.63, 3.8) is 0 Å². The van der Waals surface area contributed by atoms with Crippen LogP contribution >= 0.6 is 0 Å². The van der Waals surface area contributed by atoms with Crippen LogP contribution in [0.25, 0.3) is 0 Å². The van der Waals surface area contributed by atoms with E-state index in [2.05, 4.69) is 9.08 Å². The molecule has 0 bridgehead atoms. The fourth-order valence-electron chi connectivity index (χ4n) is 2.32. The van der Waals surface area contributed by atoms with E-state index >= 15 is 0 Å². The zero-order chi connectivity index (χ0) is 18.9. The molecular weight excluding hydrogens is 344 g/mol. The summed E-state index contributed by atoms with van der Waals surface area (Å²) in [5.74, 6) is -0.608. The first-order valence-corrected chi connectivity index (χ1v) is 9.83. The molecule has 0 fully saturated rings. The van der Waals surface area contributed by atoms with Crippen LogP contribution in [0.5, 0.6) is 0 Å². The lowest BCUT2D eigenvalue weighted by Gasteiger charge is -2.16. The van der Waals surface area contributed by atoms with Crippen molar-refractivity contribution < 1.29 is 23.6 Å². The molecule has 1 aromatic rings. The van der Waals surface area contributed by atoms with Crippen molar-refractivity contribution in [3.8, 4) is 0 Å². The van der Waals surface area contributed by atoms with E-state index in [-0.39, 0.29) is 18.3 Å². The summed E-state index contributed by atoms with van der Waals surface area (Å²) >= 11 is 0. The second-order valence-corrected chi connectivity index (χ2v) is 7.97. The van der Waals surface area contributed by atoms with E-state index in [0.29, 0.717) is 12.8 Å². The average molecular weight is 370 g/mol. The molecule has 0 aromatic heterocycles. The summed E-state index contributed by atoms with van der Waals surface area (Å²) in [6.45, 7) is 4.75. The first-order valence-electron chi connectivity index (χ1n) is 8.15. The number of ether oxygens (including phenoxy) is 1. The Morgan fingerprint density at radius 2 is 1.92 bits per heavy atom. The van der Waals surface area contributed by atoms with Crippen LogP contribution in [0.15, 0.2) is 34.7 Å². The third-order valence-corrected chi connectivity index (χ3v) is 5.51. The largest absolute Gasteiger partial charge is 0.443 e. The molecule has 0 spiro atoms. The van der Waals surface area contributed by atoms with Crippen molar-refractivity contribution in [3.05, 3.63) is 35.9 Å². The number of carbonyl (C=O) groups excluding carboxylic acids is 2. The van der Waals surface area contributed by atoms with Gasteiger partial charge >= 0.3 is 6.09 Å². The van der Waals surface area contributed by atoms with E-state index in [1.54, 1.807) is 19.1 Å². The van der Waals surface area contributed by atoms with E-state index < -0.39 is 28.0 Å². The maximum atomic E-state index is 12.8. The Labute approximate surface area is 149 Å². The topological polar surface area (TPSA) is 105 Å². The van der Waals surface area contributed by atoms with Crippen LogP contribution in [-0.4, -0.2) is 33.7 Å². The van der Waals surface area contributed by atoms with Crippen LogP contribution < -0.4 is 4.72 Å². The Bertz CT molecular complexity index is 684. The van der Waals surface area contributed by atoms with Crippen LogP contribution in [0.1, 0.15) is 45.3 Å². The van der Waals surface area contributed by atoms with Crippen LogP contribution in [0.2, 0.25) is 0 Å². The summed E-state index contributed by atoms with van der Waals surface area (Å²) < 4.78 is 23.9. The summed E-state index contributed by atoms with van der Waals surface area (Å²) in [5, 5.41) is 8.87. The first-order chi connectivity index (χ1) is 11.8. The highest BCUT2D eigenvalue weighted by Gasteiger charge is 2.19. The van der Waals surface area contributed by atoms with E-state index in [4.69, 9.17) is 9.84 Å². The van der Waals surface area contributed by atoms with Gasteiger partial charge in [-0.2, -0.15) is 0 Å². The highest BCUT2D eigenvalue weighted by Crippen LogP contribution is 2.17. The number of aliphatic hydroxyl groups excluding tert-OH is 1. The Kier molecular flexibility index (Phi) is 8.57. The number of amides is 2. The van der Waals surface area contributed by atoms with Crippen molar-refractivity contribution in [1.82, 2.24) is 4.72 Å². The van der Waals surface area contributed by atoms with Crippen LogP contribution in [0.3, 0.4) is 0 Å². The number of rotatable bonds is 8. The Balaban J connectivity index is 2.87. The minimum Gasteiger partial charge on any atom is -0.440 e. The molecular formula is C17H26N2O5S. The van der Waals surface area contributed by atoms with E-state index in [0.717, 1.165) is 5.56 Å². The maximum absolute atomic E-state index is 12.8. The quantitative estimate of drug-likeness (QED) is 0.732. The molecule has 1 rings (SSSR count). The van der Waals surface area contributed by atoms with Crippen molar-refractivity contribution in [2.75, 3.05) is 12.4 Å². The molecule has 3 atom stereocenters. The number of carbonyl (C=O) groups is 2. The van der Waals surface area contributed by atoms with Crippen molar-refractivity contribution in [1.29, 1.82) is 0 Å². The summed E-state index contributed by atoms with van der Waals surface area (Å²) in [7, 11) is -3.28. The van der Waals surface area contributed by atoms with Gasteiger partial charge in [-0.05, 0) is 31.2 Å². The van der Waals surface area contributed by atoms with Gasteiger partial charge < -0.3 is 9.84 Å². The minimum absolute atomic E-state index is 0.0153. The lowest BCUT2D eigenvalue weighted by atomic mass is 10.1. The van der Waals surface area contributed by atoms with E-state index in [9.17, 15) is 13.8 Å². The zero-order valence-corrected chi connectivity index (χ0v) is 15.6. The van der Waals surface area contributed by atoms with Crippen LogP contribution in [0.4, 0.5) is 4.79 Å². The van der Waals surface area contributed by atoms with Gasteiger partial charge in [0.15, 0.2) is 0 Å². The van der Waals surface area contributed by atoms with Crippen LogP contribution in [-0.2, 0) is 19.4 Å². The molecule has 0 aliphatic heterocycles. The molecule has 0 heterocycles. The molecule has 0 aliphatic rings. The van der Waals surface area contributed by atoms with Gasteiger partial charge in [-0.1, -0.05) is 37.3 Å². The number of benzene rings is 1. The molecule has 2 amide bonds. The van der Waals surface area contributed by atoms with Gasteiger partial charge in [0.25, 0.3) is 0 Å².